The first kappa shape index (κ1) is 13.3. The first-order valence-corrected chi connectivity index (χ1v) is 6.33. The summed E-state index contributed by atoms with van der Waals surface area (Å²) in [6, 6.07) is 5.82. The molecule has 0 spiro atoms. The topological polar surface area (TPSA) is 55.1 Å². The van der Waals surface area contributed by atoms with E-state index in [0.29, 0.717) is 6.54 Å². The third-order valence-corrected chi connectivity index (χ3v) is 3.42. The second-order valence-corrected chi connectivity index (χ2v) is 4.79. The van der Waals surface area contributed by atoms with Crippen molar-refractivity contribution in [2.75, 3.05) is 0 Å². The van der Waals surface area contributed by atoms with Crippen LogP contribution >= 0.6 is 0 Å². The van der Waals surface area contributed by atoms with E-state index in [0.717, 1.165) is 16.8 Å². The van der Waals surface area contributed by atoms with Gasteiger partial charge in [0.05, 0.1) is 5.69 Å². The predicted octanol–water partition coefficient (Wildman–Crippen LogP) is 3.19. The van der Waals surface area contributed by atoms with E-state index in [2.05, 4.69) is 24.2 Å². The van der Waals surface area contributed by atoms with Crippen LogP contribution in [0.1, 0.15) is 34.1 Å². The van der Waals surface area contributed by atoms with Gasteiger partial charge in [0.25, 0.3) is 0 Å². The van der Waals surface area contributed by atoms with Gasteiger partial charge in [0.2, 0.25) is 0 Å². The highest BCUT2D eigenvalue weighted by molar-refractivity contribution is 5.87. The smallest absolute Gasteiger partial charge is 0.354 e. The zero-order valence-corrected chi connectivity index (χ0v) is 11.7. The summed E-state index contributed by atoms with van der Waals surface area (Å²) < 4.78 is 1.52. The highest BCUT2D eigenvalue weighted by Gasteiger charge is 2.15. The first-order chi connectivity index (χ1) is 8.93. The van der Waals surface area contributed by atoms with Gasteiger partial charge in [-0.1, -0.05) is 6.07 Å². The summed E-state index contributed by atoms with van der Waals surface area (Å²) in [6.45, 7) is 8.57. The van der Waals surface area contributed by atoms with Crippen molar-refractivity contribution in [1.29, 1.82) is 0 Å². The fraction of sp³-hybridized carbons (Fsp3) is 0.333. The standard InChI is InChI=1S/C15H18N2O2/c1-5-17-14(15(18)19)8-13(16-17)12-7-10(3)9(2)6-11(12)4/h6-8H,5H2,1-4H3,(H,18,19). The Labute approximate surface area is 112 Å². The minimum Gasteiger partial charge on any atom is -0.477 e. The van der Waals surface area contributed by atoms with Crippen molar-refractivity contribution in [3.63, 3.8) is 0 Å². The molecule has 1 aromatic carbocycles. The molecule has 0 amide bonds. The summed E-state index contributed by atoms with van der Waals surface area (Å²) in [5, 5.41) is 13.6. The molecule has 100 valence electrons. The van der Waals surface area contributed by atoms with E-state index >= 15 is 0 Å². The molecule has 0 saturated heterocycles. The van der Waals surface area contributed by atoms with Crippen LogP contribution in [0.25, 0.3) is 11.3 Å². The molecule has 1 aromatic heterocycles. The van der Waals surface area contributed by atoms with Crippen molar-refractivity contribution >= 4 is 5.97 Å². The molecular formula is C15H18N2O2. The van der Waals surface area contributed by atoms with Crippen molar-refractivity contribution < 1.29 is 9.90 Å². The second-order valence-electron chi connectivity index (χ2n) is 4.79. The number of nitrogens with zero attached hydrogens (tertiary/aromatic N) is 2. The Bertz CT molecular complexity index is 642. The Morgan fingerprint density at radius 1 is 1.16 bits per heavy atom. The van der Waals surface area contributed by atoms with E-state index in [-0.39, 0.29) is 5.69 Å². The van der Waals surface area contributed by atoms with Gasteiger partial charge in [-0.25, -0.2) is 4.79 Å². The number of aromatic nitrogens is 2. The van der Waals surface area contributed by atoms with Gasteiger partial charge in [-0.15, -0.1) is 0 Å². The molecule has 1 N–H and O–H groups in total. The molecule has 0 bridgehead atoms. The number of benzene rings is 1. The molecule has 0 fully saturated rings. The van der Waals surface area contributed by atoms with Crippen LogP contribution in [0.3, 0.4) is 0 Å². The van der Waals surface area contributed by atoms with Gasteiger partial charge in [-0.2, -0.15) is 5.10 Å². The van der Waals surface area contributed by atoms with Crippen molar-refractivity contribution in [3.8, 4) is 11.3 Å². The number of carboxylic acid groups (broad SMARTS) is 1. The van der Waals surface area contributed by atoms with E-state index in [4.69, 9.17) is 5.11 Å². The molecule has 19 heavy (non-hydrogen) atoms. The quantitative estimate of drug-likeness (QED) is 0.919. The van der Waals surface area contributed by atoms with E-state index in [1.165, 1.54) is 15.8 Å². The van der Waals surface area contributed by atoms with Crippen molar-refractivity contribution in [2.45, 2.75) is 34.2 Å². The molecule has 0 saturated carbocycles. The summed E-state index contributed by atoms with van der Waals surface area (Å²) in [5.74, 6) is -0.943. The lowest BCUT2D eigenvalue weighted by atomic mass is 9.99. The van der Waals surface area contributed by atoms with Crippen LogP contribution in [0.4, 0.5) is 0 Å². The Hall–Kier alpha value is -2.10. The average molecular weight is 258 g/mol. The highest BCUT2D eigenvalue weighted by atomic mass is 16.4. The van der Waals surface area contributed by atoms with Gasteiger partial charge in [0.15, 0.2) is 0 Å². The Kier molecular flexibility index (Phi) is 3.42. The number of hydrogen-bond donors (Lipinski definition) is 1. The maximum Gasteiger partial charge on any atom is 0.354 e. The predicted molar refractivity (Wildman–Crippen MR) is 74.5 cm³/mol. The Morgan fingerprint density at radius 2 is 1.79 bits per heavy atom. The summed E-state index contributed by atoms with van der Waals surface area (Å²) in [4.78, 5) is 11.2. The van der Waals surface area contributed by atoms with Crippen LogP contribution in [-0.4, -0.2) is 20.9 Å². The molecule has 0 radical (unpaired) electrons. The maximum atomic E-state index is 11.2. The van der Waals surface area contributed by atoms with E-state index in [1.807, 2.05) is 20.8 Å². The SMILES string of the molecule is CCn1nc(-c2cc(C)c(C)cc2C)cc1C(=O)O. The molecule has 1 heterocycles. The maximum absolute atomic E-state index is 11.2. The van der Waals surface area contributed by atoms with Crippen LogP contribution in [0.15, 0.2) is 18.2 Å². The Balaban J connectivity index is 2.59. The number of carboxylic acids is 1. The van der Waals surface area contributed by atoms with Crippen molar-refractivity contribution in [3.05, 3.63) is 40.6 Å². The summed E-state index contributed by atoms with van der Waals surface area (Å²) in [7, 11) is 0. The molecule has 0 aliphatic carbocycles. The van der Waals surface area contributed by atoms with E-state index in [1.54, 1.807) is 6.07 Å². The number of aryl methyl sites for hydroxylation is 4. The molecular weight excluding hydrogens is 240 g/mol. The van der Waals surface area contributed by atoms with Crippen LogP contribution in [0, 0.1) is 20.8 Å². The van der Waals surface area contributed by atoms with Gasteiger partial charge in [0, 0.05) is 12.1 Å². The van der Waals surface area contributed by atoms with Crippen LogP contribution in [0.2, 0.25) is 0 Å². The van der Waals surface area contributed by atoms with E-state index in [9.17, 15) is 4.79 Å². The average Bonchev–Trinajstić information content (AvgIpc) is 2.77. The summed E-state index contributed by atoms with van der Waals surface area (Å²) >= 11 is 0. The van der Waals surface area contributed by atoms with Crippen molar-refractivity contribution in [1.82, 2.24) is 9.78 Å². The molecule has 0 atom stereocenters. The minimum atomic E-state index is -0.943. The molecule has 0 aliphatic heterocycles. The van der Waals surface area contributed by atoms with Gasteiger partial charge >= 0.3 is 5.97 Å². The third-order valence-electron chi connectivity index (χ3n) is 3.42. The van der Waals surface area contributed by atoms with E-state index < -0.39 is 5.97 Å². The monoisotopic (exact) mass is 258 g/mol. The largest absolute Gasteiger partial charge is 0.477 e. The van der Waals surface area contributed by atoms with Gasteiger partial charge in [-0.3, -0.25) is 4.68 Å². The third kappa shape index (κ3) is 2.38. The van der Waals surface area contributed by atoms with Crippen LogP contribution < -0.4 is 0 Å². The summed E-state index contributed by atoms with van der Waals surface area (Å²) in [6.07, 6.45) is 0. The normalized spacial score (nSPS) is 10.7. The fourth-order valence-electron chi connectivity index (χ4n) is 2.20. The minimum absolute atomic E-state index is 0.232. The summed E-state index contributed by atoms with van der Waals surface area (Å²) in [5.41, 5.74) is 5.48. The molecule has 4 nitrogen and oxygen atoms in total. The van der Waals surface area contributed by atoms with Crippen molar-refractivity contribution in [2.24, 2.45) is 0 Å². The number of aromatic carboxylic acids is 1. The lowest BCUT2D eigenvalue weighted by molar-refractivity contribution is 0.0683. The lowest BCUT2D eigenvalue weighted by Crippen LogP contribution is -2.08. The number of rotatable bonds is 3. The van der Waals surface area contributed by atoms with Crippen LogP contribution in [-0.2, 0) is 6.54 Å². The fourth-order valence-corrected chi connectivity index (χ4v) is 2.20. The zero-order valence-electron chi connectivity index (χ0n) is 11.7. The van der Waals surface area contributed by atoms with Crippen LogP contribution in [0.5, 0.6) is 0 Å². The van der Waals surface area contributed by atoms with Gasteiger partial charge in [-0.05, 0) is 56.5 Å². The molecule has 0 aliphatic rings. The molecule has 0 unspecified atom stereocenters. The first-order valence-electron chi connectivity index (χ1n) is 6.33. The lowest BCUT2D eigenvalue weighted by Gasteiger charge is -2.07. The number of hydrogen-bond acceptors (Lipinski definition) is 2. The highest BCUT2D eigenvalue weighted by Crippen LogP contribution is 2.26. The molecule has 2 aromatic rings. The molecule has 2 rings (SSSR count). The second kappa shape index (κ2) is 4.88. The molecule has 4 heteroatoms. The van der Waals surface area contributed by atoms with Gasteiger partial charge < -0.3 is 5.11 Å². The van der Waals surface area contributed by atoms with Gasteiger partial charge in [0.1, 0.15) is 5.69 Å². The number of carbonyl (C=O) groups is 1. The zero-order chi connectivity index (χ0) is 14.2. The Morgan fingerprint density at radius 3 is 2.32 bits per heavy atom.